The lowest BCUT2D eigenvalue weighted by Gasteiger charge is -2.31. The lowest BCUT2D eigenvalue weighted by Crippen LogP contribution is -2.22. The zero-order valence-corrected chi connectivity index (χ0v) is 12.7. The van der Waals surface area contributed by atoms with Crippen molar-refractivity contribution in [1.82, 2.24) is 0 Å². The van der Waals surface area contributed by atoms with E-state index in [-0.39, 0.29) is 6.10 Å². The van der Waals surface area contributed by atoms with Crippen molar-refractivity contribution < 1.29 is 4.74 Å². The summed E-state index contributed by atoms with van der Waals surface area (Å²) in [7, 11) is 0. The second-order valence-corrected chi connectivity index (χ2v) is 6.63. The molecule has 0 saturated carbocycles. The molecule has 108 valence electrons. The van der Waals surface area contributed by atoms with Crippen LogP contribution in [0, 0.1) is 12.8 Å². The summed E-state index contributed by atoms with van der Waals surface area (Å²) in [6.07, 6.45) is 2.50. The third kappa shape index (κ3) is 1.60. The fourth-order valence-electron chi connectivity index (χ4n) is 4.28. The van der Waals surface area contributed by atoms with Crippen molar-refractivity contribution >= 4 is 10.8 Å². The third-order valence-electron chi connectivity index (χ3n) is 5.28. The highest BCUT2D eigenvalue weighted by Gasteiger charge is 2.38. The first-order valence-electron chi connectivity index (χ1n) is 8.07. The quantitative estimate of drug-likeness (QED) is 0.565. The van der Waals surface area contributed by atoms with Gasteiger partial charge in [-0.15, -0.1) is 0 Å². The molecule has 3 aromatic carbocycles. The number of aryl methyl sites for hydroxylation is 1. The van der Waals surface area contributed by atoms with Gasteiger partial charge in [0.1, 0.15) is 11.9 Å². The van der Waals surface area contributed by atoms with Crippen molar-refractivity contribution in [1.29, 1.82) is 0 Å². The van der Waals surface area contributed by atoms with Gasteiger partial charge in [-0.3, -0.25) is 0 Å². The molecule has 2 aliphatic rings. The van der Waals surface area contributed by atoms with Gasteiger partial charge in [0, 0.05) is 11.3 Å². The molecule has 0 amide bonds. The van der Waals surface area contributed by atoms with Gasteiger partial charge in [-0.1, -0.05) is 54.6 Å². The van der Waals surface area contributed by atoms with Gasteiger partial charge >= 0.3 is 0 Å². The smallest absolute Gasteiger partial charge is 0.131 e. The molecule has 1 heteroatoms. The van der Waals surface area contributed by atoms with Gasteiger partial charge in [0.15, 0.2) is 0 Å². The molecule has 0 saturated heterocycles. The van der Waals surface area contributed by atoms with E-state index in [1.54, 1.807) is 0 Å². The van der Waals surface area contributed by atoms with Gasteiger partial charge in [0.2, 0.25) is 0 Å². The molecule has 5 rings (SSSR count). The Kier molecular flexibility index (Phi) is 2.43. The van der Waals surface area contributed by atoms with Crippen LogP contribution in [0.15, 0.2) is 54.6 Å². The molecule has 1 aliphatic heterocycles. The van der Waals surface area contributed by atoms with Crippen LogP contribution in [0.1, 0.15) is 28.4 Å². The van der Waals surface area contributed by atoms with Gasteiger partial charge in [-0.2, -0.15) is 0 Å². The highest BCUT2D eigenvalue weighted by Crippen LogP contribution is 2.48. The van der Waals surface area contributed by atoms with Crippen LogP contribution >= 0.6 is 0 Å². The van der Waals surface area contributed by atoms with E-state index in [2.05, 4.69) is 61.5 Å². The number of rotatable bonds is 0. The first kappa shape index (κ1) is 12.3. The van der Waals surface area contributed by atoms with E-state index in [1.165, 1.54) is 33.0 Å². The Labute approximate surface area is 130 Å². The monoisotopic (exact) mass is 286 g/mol. The van der Waals surface area contributed by atoms with Crippen molar-refractivity contribution in [3.63, 3.8) is 0 Å². The van der Waals surface area contributed by atoms with Crippen LogP contribution in [0.5, 0.6) is 5.75 Å². The van der Waals surface area contributed by atoms with E-state index < -0.39 is 0 Å². The molecule has 0 aromatic heterocycles. The van der Waals surface area contributed by atoms with Gasteiger partial charge in [0.05, 0.1) is 0 Å². The minimum Gasteiger partial charge on any atom is -0.484 e. The molecule has 1 aliphatic carbocycles. The lowest BCUT2D eigenvalue weighted by atomic mass is 9.88. The first-order valence-corrected chi connectivity index (χ1v) is 8.07. The summed E-state index contributed by atoms with van der Waals surface area (Å²) in [6.45, 7) is 2.21. The Balaban J connectivity index is 1.70. The zero-order chi connectivity index (χ0) is 14.7. The van der Waals surface area contributed by atoms with Gasteiger partial charge in [-0.05, 0) is 47.4 Å². The summed E-state index contributed by atoms with van der Waals surface area (Å²) in [6, 6.07) is 19.7. The molecule has 2 atom stereocenters. The Morgan fingerprint density at radius 2 is 1.59 bits per heavy atom. The maximum Gasteiger partial charge on any atom is 0.131 e. The minimum atomic E-state index is 0.231. The third-order valence-corrected chi connectivity index (χ3v) is 5.28. The van der Waals surface area contributed by atoms with Crippen molar-refractivity contribution in [2.45, 2.75) is 25.9 Å². The summed E-state index contributed by atoms with van der Waals surface area (Å²) in [5.74, 6) is 1.70. The number of benzene rings is 3. The molecule has 3 aromatic rings. The van der Waals surface area contributed by atoms with Crippen LogP contribution in [-0.2, 0) is 12.8 Å². The Bertz CT molecular complexity index is 894. The topological polar surface area (TPSA) is 9.23 Å². The second-order valence-electron chi connectivity index (χ2n) is 6.63. The van der Waals surface area contributed by atoms with Crippen LogP contribution in [-0.4, -0.2) is 0 Å². The number of fused-ring (bicyclic) bond motifs is 6. The molecular weight excluding hydrogens is 268 g/mol. The number of ether oxygens (including phenoxy) is 1. The molecule has 0 fully saturated rings. The summed E-state index contributed by atoms with van der Waals surface area (Å²) < 4.78 is 6.55. The van der Waals surface area contributed by atoms with Crippen LogP contribution in [0.3, 0.4) is 0 Å². The summed E-state index contributed by atoms with van der Waals surface area (Å²) in [5.41, 5.74) is 5.59. The normalized spacial score (nSPS) is 21.9. The van der Waals surface area contributed by atoms with Gasteiger partial charge in [-0.25, -0.2) is 0 Å². The molecule has 1 nitrogen and oxygen atoms in total. The van der Waals surface area contributed by atoms with Crippen LogP contribution in [0.2, 0.25) is 0 Å². The van der Waals surface area contributed by atoms with E-state index in [1.807, 2.05) is 0 Å². The molecule has 1 heterocycles. The molecule has 0 bridgehead atoms. The van der Waals surface area contributed by atoms with Crippen molar-refractivity contribution in [2.75, 3.05) is 0 Å². The van der Waals surface area contributed by atoms with E-state index in [0.29, 0.717) is 5.92 Å². The average molecular weight is 286 g/mol. The summed E-state index contributed by atoms with van der Waals surface area (Å²) in [5, 5.41) is 2.58. The van der Waals surface area contributed by atoms with Crippen LogP contribution in [0.25, 0.3) is 10.8 Å². The largest absolute Gasteiger partial charge is 0.484 e. The van der Waals surface area contributed by atoms with Crippen molar-refractivity contribution in [2.24, 2.45) is 5.92 Å². The molecule has 0 N–H and O–H groups in total. The summed E-state index contributed by atoms with van der Waals surface area (Å²) in [4.78, 5) is 0. The maximum absolute atomic E-state index is 6.55. The predicted octanol–water partition coefficient (Wildman–Crippen LogP) is 5.00. The SMILES string of the molecule is Cc1cc2c(c3ccccc13)O[C@@H]1c3ccccc3C[C@@H]1C2. The number of hydrogen-bond donors (Lipinski definition) is 0. The van der Waals surface area contributed by atoms with E-state index >= 15 is 0 Å². The standard InChI is InChI=1S/C21H18O/c1-13-10-15-12-16-11-14-6-2-3-8-18(14)20(16)22-21(15)19-9-5-4-7-17(13)19/h2-10,16,20H,11-12H2,1H3/t16-,20+/m1/s1. The van der Waals surface area contributed by atoms with E-state index in [9.17, 15) is 0 Å². The molecule has 0 unspecified atom stereocenters. The zero-order valence-electron chi connectivity index (χ0n) is 12.7. The second kappa shape index (κ2) is 4.36. The lowest BCUT2D eigenvalue weighted by molar-refractivity contribution is 0.131. The molecule has 22 heavy (non-hydrogen) atoms. The Morgan fingerprint density at radius 3 is 2.50 bits per heavy atom. The molecule has 0 radical (unpaired) electrons. The first-order chi connectivity index (χ1) is 10.8. The average Bonchev–Trinajstić information content (AvgIpc) is 2.91. The van der Waals surface area contributed by atoms with Gasteiger partial charge in [0.25, 0.3) is 0 Å². The maximum atomic E-state index is 6.55. The highest BCUT2D eigenvalue weighted by atomic mass is 16.5. The fourth-order valence-corrected chi connectivity index (χ4v) is 4.28. The molecule has 0 spiro atoms. The Morgan fingerprint density at radius 1 is 0.864 bits per heavy atom. The van der Waals surface area contributed by atoms with Crippen LogP contribution < -0.4 is 4.74 Å². The van der Waals surface area contributed by atoms with Crippen molar-refractivity contribution in [3.8, 4) is 5.75 Å². The number of hydrogen-bond acceptors (Lipinski definition) is 1. The molecular formula is C21H18O. The predicted molar refractivity (Wildman–Crippen MR) is 89.4 cm³/mol. The Hall–Kier alpha value is -2.28. The van der Waals surface area contributed by atoms with E-state index in [0.717, 1.165) is 18.6 Å². The summed E-state index contributed by atoms with van der Waals surface area (Å²) >= 11 is 0. The van der Waals surface area contributed by atoms with Crippen molar-refractivity contribution in [3.05, 3.63) is 76.9 Å². The fraction of sp³-hybridized carbons (Fsp3) is 0.238. The van der Waals surface area contributed by atoms with Gasteiger partial charge < -0.3 is 4.74 Å². The van der Waals surface area contributed by atoms with Crippen LogP contribution in [0.4, 0.5) is 0 Å². The minimum absolute atomic E-state index is 0.231. The highest BCUT2D eigenvalue weighted by molar-refractivity contribution is 5.92. The van der Waals surface area contributed by atoms with E-state index in [4.69, 9.17) is 4.74 Å².